The predicted molar refractivity (Wildman–Crippen MR) is 76.4 cm³/mol. The van der Waals surface area contributed by atoms with Crippen LogP contribution in [0.5, 0.6) is 0 Å². The molecule has 0 saturated carbocycles. The molecule has 2 nitrogen and oxygen atoms in total. The van der Waals surface area contributed by atoms with Gasteiger partial charge in [-0.3, -0.25) is 4.90 Å². The van der Waals surface area contributed by atoms with Crippen molar-refractivity contribution in [3.05, 3.63) is 0 Å². The maximum Gasteiger partial charge on any atom is 0.0192 e. The molecular weight excluding hydrogens is 208 g/mol. The van der Waals surface area contributed by atoms with Gasteiger partial charge in [-0.1, -0.05) is 27.7 Å². The third-order valence-electron chi connectivity index (χ3n) is 4.20. The molecule has 1 rings (SSSR count). The second kappa shape index (κ2) is 7.38. The van der Waals surface area contributed by atoms with E-state index in [1.54, 1.807) is 0 Å². The Kier molecular flexibility index (Phi) is 6.50. The first-order valence-corrected chi connectivity index (χ1v) is 7.48. The van der Waals surface area contributed by atoms with Crippen LogP contribution in [0.4, 0.5) is 0 Å². The van der Waals surface area contributed by atoms with E-state index in [0.717, 1.165) is 18.4 Å². The molecule has 0 bridgehead atoms. The summed E-state index contributed by atoms with van der Waals surface area (Å²) in [7, 11) is 0. The molecule has 0 aliphatic carbocycles. The minimum Gasteiger partial charge on any atom is -0.313 e. The Hall–Kier alpha value is -0.0800. The van der Waals surface area contributed by atoms with Gasteiger partial charge in [0, 0.05) is 18.6 Å². The van der Waals surface area contributed by atoms with E-state index >= 15 is 0 Å². The van der Waals surface area contributed by atoms with Gasteiger partial charge < -0.3 is 5.32 Å². The van der Waals surface area contributed by atoms with Gasteiger partial charge in [-0.25, -0.2) is 0 Å². The first-order valence-electron chi connectivity index (χ1n) is 7.48. The van der Waals surface area contributed by atoms with Gasteiger partial charge in [0.05, 0.1) is 0 Å². The van der Waals surface area contributed by atoms with E-state index in [1.807, 2.05) is 0 Å². The lowest BCUT2D eigenvalue weighted by Crippen LogP contribution is -2.42. The van der Waals surface area contributed by atoms with Gasteiger partial charge in [0.1, 0.15) is 0 Å². The largest absolute Gasteiger partial charge is 0.313 e. The number of hydrogen-bond donors (Lipinski definition) is 1. The average Bonchev–Trinajstić information content (AvgIpc) is 2.51. The number of likely N-dealkylation sites (tertiary alicyclic amines) is 1. The Bertz CT molecular complexity index is 201. The molecule has 0 spiro atoms. The molecular formula is C15H32N2. The van der Waals surface area contributed by atoms with Crippen molar-refractivity contribution in [1.82, 2.24) is 10.2 Å². The van der Waals surface area contributed by atoms with Gasteiger partial charge in [-0.15, -0.1) is 0 Å². The van der Waals surface area contributed by atoms with E-state index in [9.17, 15) is 0 Å². The third-order valence-corrected chi connectivity index (χ3v) is 4.20. The fourth-order valence-corrected chi connectivity index (χ4v) is 2.79. The molecule has 1 aliphatic heterocycles. The smallest absolute Gasteiger partial charge is 0.0192 e. The molecule has 0 aromatic carbocycles. The summed E-state index contributed by atoms with van der Waals surface area (Å²) < 4.78 is 0. The van der Waals surface area contributed by atoms with E-state index < -0.39 is 0 Å². The number of rotatable bonds is 5. The molecule has 0 radical (unpaired) electrons. The highest BCUT2D eigenvalue weighted by atomic mass is 15.2. The van der Waals surface area contributed by atoms with E-state index in [4.69, 9.17) is 0 Å². The van der Waals surface area contributed by atoms with Gasteiger partial charge in [0.2, 0.25) is 0 Å². The van der Waals surface area contributed by atoms with Crippen LogP contribution >= 0.6 is 0 Å². The highest BCUT2D eigenvalue weighted by Gasteiger charge is 2.22. The Labute approximate surface area is 108 Å². The van der Waals surface area contributed by atoms with Crippen LogP contribution < -0.4 is 5.32 Å². The Morgan fingerprint density at radius 3 is 2.35 bits per heavy atom. The van der Waals surface area contributed by atoms with Crippen LogP contribution in [-0.4, -0.2) is 36.6 Å². The molecule has 1 fully saturated rings. The Morgan fingerprint density at radius 2 is 1.76 bits per heavy atom. The summed E-state index contributed by atoms with van der Waals surface area (Å²) in [6, 6.07) is 1.29. The topological polar surface area (TPSA) is 15.3 Å². The summed E-state index contributed by atoms with van der Waals surface area (Å²) >= 11 is 0. The monoisotopic (exact) mass is 240 g/mol. The minimum absolute atomic E-state index is 0.604. The lowest BCUT2D eigenvalue weighted by Gasteiger charge is -2.29. The Balaban J connectivity index is 2.34. The molecule has 17 heavy (non-hydrogen) atoms. The third kappa shape index (κ3) is 5.39. The highest BCUT2D eigenvalue weighted by Crippen LogP contribution is 2.25. The van der Waals surface area contributed by atoms with Crippen LogP contribution in [0.1, 0.15) is 53.9 Å². The van der Waals surface area contributed by atoms with E-state index in [0.29, 0.717) is 12.1 Å². The Morgan fingerprint density at radius 1 is 1.06 bits per heavy atom. The highest BCUT2D eigenvalue weighted by molar-refractivity contribution is 4.77. The molecule has 0 amide bonds. The molecule has 0 aromatic rings. The quantitative estimate of drug-likeness (QED) is 0.794. The molecule has 1 saturated heterocycles. The van der Waals surface area contributed by atoms with Gasteiger partial charge in [0.15, 0.2) is 0 Å². The molecule has 1 heterocycles. The molecule has 0 aromatic heterocycles. The molecule has 2 atom stereocenters. The van der Waals surface area contributed by atoms with E-state index in [1.165, 1.54) is 32.4 Å². The zero-order chi connectivity index (χ0) is 12.8. The van der Waals surface area contributed by atoms with Crippen molar-refractivity contribution in [3.63, 3.8) is 0 Å². The molecule has 1 N–H and O–H groups in total. The van der Waals surface area contributed by atoms with Crippen LogP contribution in [0, 0.1) is 11.8 Å². The summed E-state index contributed by atoms with van der Waals surface area (Å²) in [5.74, 6) is 1.81. The van der Waals surface area contributed by atoms with Gasteiger partial charge in [0.25, 0.3) is 0 Å². The zero-order valence-corrected chi connectivity index (χ0v) is 12.5. The normalized spacial score (nSPS) is 25.2. The molecule has 2 heteroatoms. The number of hydrogen-bond acceptors (Lipinski definition) is 2. The van der Waals surface area contributed by atoms with Crippen molar-refractivity contribution in [2.24, 2.45) is 11.8 Å². The molecule has 1 aliphatic rings. The van der Waals surface area contributed by atoms with Crippen molar-refractivity contribution in [3.8, 4) is 0 Å². The summed E-state index contributed by atoms with van der Waals surface area (Å²) in [6.07, 6.45) is 4.21. The van der Waals surface area contributed by atoms with Crippen LogP contribution in [0.15, 0.2) is 0 Å². The van der Waals surface area contributed by atoms with Crippen LogP contribution in [0.25, 0.3) is 0 Å². The van der Waals surface area contributed by atoms with Crippen molar-refractivity contribution in [2.75, 3.05) is 19.6 Å². The molecule has 102 valence electrons. The first kappa shape index (κ1) is 15.0. The number of nitrogens with one attached hydrogen (secondary N) is 1. The average molecular weight is 240 g/mol. The van der Waals surface area contributed by atoms with Crippen LogP contribution in [-0.2, 0) is 0 Å². The van der Waals surface area contributed by atoms with Gasteiger partial charge in [-0.05, 0) is 51.1 Å². The van der Waals surface area contributed by atoms with Crippen molar-refractivity contribution < 1.29 is 0 Å². The maximum atomic E-state index is 3.56. The van der Waals surface area contributed by atoms with Gasteiger partial charge >= 0.3 is 0 Å². The standard InChI is InChI=1S/C15H32N2/c1-12(2)15-7-6-9-17(10-8-15)14(5)11-16-13(3)4/h12-16H,6-11H2,1-5H3. The summed E-state index contributed by atoms with van der Waals surface area (Å²) in [6.45, 7) is 15.3. The summed E-state index contributed by atoms with van der Waals surface area (Å²) in [5, 5.41) is 3.56. The maximum absolute atomic E-state index is 3.56. The van der Waals surface area contributed by atoms with E-state index in [-0.39, 0.29) is 0 Å². The van der Waals surface area contributed by atoms with E-state index in [2.05, 4.69) is 44.8 Å². The predicted octanol–water partition coefficient (Wildman–Crippen LogP) is 3.13. The zero-order valence-electron chi connectivity index (χ0n) is 12.5. The number of nitrogens with zero attached hydrogens (tertiary/aromatic N) is 1. The lowest BCUT2D eigenvalue weighted by atomic mass is 9.89. The van der Waals surface area contributed by atoms with Crippen molar-refractivity contribution >= 4 is 0 Å². The van der Waals surface area contributed by atoms with Crippen LogP contribution in [0.2, 0.25) is 0 Å². The summed E-state index contributed by atoms with van der Waals surface area (Å²) in [5.41, 5.74) is 0. The fourth-order valence-electron chi connectivity index (χ4n) is 2.79. The first-order chi connectivity index (χ1) is 8.00. The summed E-state index contributed by atoms with van der Waals surface area (Å²) in [4.78, 5) is 2.68. The van der Waals surface area contributed by atoms with Crippen molar-refractivity contribution in [1.29, 1.82) is 0 Å². The van der Waals surface area contributed by atoms with Crippen molar-refractivity contribution in [2.45, 2.75) is 66.0 Å². The lowest BCUT2D eigenvalue weighted by molar-refractivity contribution is 0.204. The second-order valence-electron chi connectivity index (χ2n) is 6.38. The second-order valence-corrected chi connectivity index (χ2v) is 6.38. The fraction of sp³-hybridized carbons (Fsp3) is 1.00. The van der Waals surface area contributed by atoms with Gasteiger partial charge in [-0.2, -0.15) is 0 Å². The minimum atomic E-state index is 0.604. The van der Waals surface area contributed by atoms with Crippen LogP contribution in [0.3, 0.4) is 0 Å². The molecule has 2 unspecified atom stereocenters. The SMILES string of the molecule is CC(C)NCC(C)N1CCCC(C(C)C)CC1.